The van der Waals surface area contributed by atoms with Gasteiger partial charge in [-0.3, -0.25) is 19.4 Å². The molecule has 0 spiro atoms. The lowest BCUT2D eigenvalue weighted by molar-refractivity contribution is -0.133. The molecule has 1 unspecified atom stereocenters. The highest BCUT2D eigenvalue weighted by Crippen LogP contribution is 2.34. The average molecular weight is 494 g/mol. The first-order valence-corrected chi connectivity index (χ1v) is 12.6. The molecular weight excluding hydrogens is 466 g/mol. The van der Waals surface area contributed by atoms with Crippen molar-refractivity contribution < 1.29 is 19.1 Å². The maximum absolute atomic E-state index is 13.0. The van der Waals surface area contributed by atoms with Gasteiger partial charge in [0.05, 0.1) is 25.6 Å². The van der Waals surface area contributed by atoms with Crippen molar-refractivity contribution >= 4 is 29.0 Å². The van der Waals surface area contributed by atoms with Gasteiger partial charge in [0, 0.05) is 29.7 Å². The Balaban J connectivity index is 1.09. The van der Waals surface area contributed by atoms with Gasteiger partial charge in [-0.25, -0.2) is 0 Å². The van der Waals surface area contributed by atoms with Crippen molar-refractivity contribution in [1.82, 2.24) is 4.90 Å². The van der Waals surface area contributed by atoms with Crippen LogP contribution in [0.3, 0.4) is 0 Å². The van der Waals surface area contributed by atoms with Gasteiger partial charge in [0.1, 0.15) is 24.0 Å². The summed E-state index contributed by atoms with van der Waals surface area (Å²) >= 11 is 0. The van der Waals surface area contributed by atoms with E-state index in [0.717, 1.165) is 34.6 Å². The van der Waals surface area contributed by atoms with Gasteiger partial charge in [0.2, 0.25) is 0 Å². The number of aliphatic imine (C=N–C) groups is 1. The Morgan fingerprint density at radius 1 is 0.946 bits per heavy atom. The predicted octanol–water partition coefficient (Wildman–Crippen LogP) is 4.48. The van der Waals surface area contributed by atoms with Gasteiger partial charge in [0.15, 0.2) is 5.78 Å². The van der Waals surface area contributed by atoms with Gasteiger partial charge >= 0.3 is 0 Å². The minimum absolute atomic E-state index is 0.0474. The molecule has 1 amide bonds. The zero-order valence-corrected chi connectivity index (χ0v) is 20.4. The number of ether oxygens (including phenoxy) is 1. The number of nitrogens with one attached hydrogen (secondary N) is 1. The van der Waals surface area contributed by atoms with Gasteiger partial charge < -0.3 is 15.0 Å². The Labute approximate surface area is 215 Å². The number of ketones is 2. The van der Waals surface area contributed by atoms with E-state index >= 15 is 0 Å². The van der Waals surface area contributed by atoms with Gasteiger partial charge in [-0.1, -0.05) is 48.5 Å². The molecule has 1 fully saturated rings. The van der Waals surface area contributed by atoms with Crippen LogP contribution in [0.15, 0.2) is 71.7 Å². The molecule has 2 heterocycles. The molecule has 1 saturated carbocycles. The molecular formula is C30H27N3O4. The number of carbonyl (C=O) groups is 3. The SMILES string of the molecule is O=C1CCC(N2Cc3c(OCc4ccc(CC5=NCc6ccccc6N5)cc4)cccc3C2=O)C(=O)C1. The Bertz CT molecular complexity index is 1430. The van der Waals surface area contributed by atoms with Crippen LogP contribution < -0.4 is 10.1 Å². The van der Waals surface area contributed by atoms with Crippen LogP contribution in [0.2, 0.25) is 0 Å². The Morgan fingerprint density at radius 3 is 2.59 bits per heavy atom. The van der Waals surface area contributed by atoms with Crippen molar-refractivity contribution in [1.29, 1.82) is 0 Å². The van der Waals surface area contributed by atoms with Crippen LogP contribution >= 0.6 is 0 Å². The maximum Gasteiger partial charge on any atom is 0.255 e. The van der Waals surface area contributed by atoms with Gasteiger partial charge in [-0.2, -0.15) is 0 Å². The first-order chi connectivity index (χ1) is 18.0. The summed E-state index contributed by atoms with van der Waals surface area (Å²) in [6.45, 7) is 1.39. The Kier molecular flexibility index (Phi) is 6.04. The normalized spacial score (nSPS) is 18.7. The molecule has 37 heavy (non-hydrogen) atoms. The third-order valence-electron chi connectivity index (χ3n) is 7.29. The fourth-order valence-electron chi connectivity index (χ4n) is 5.27. The van der Waals surface area contributed by atoms with E-state index in [1.54, 1.807) is 17.0 Å². The molecule has 0 aromatic heterocycles. The summed E-state index contributed by atoms with van der Waals surface area (Å²) in [5.74, 6) is 1.22. The van der Waals surface area contributed by atoms with Crippen LogP contribution in [0, 0.1) is 0 Å². The van der Waals surface area contributed by atoms with Crippen molar-refractivity contribution in [2.75, 3.05) is 5.32 Å². The number of fused-ring (bicyclic) bond motifs is 2. The molecule has 0 bridgehead atoms. The topological polar surface area (TPSA) is 88.1 Å². The van der Waals surface area contributed by atoms with E-state index < -0.39 is 6.04 Å². The lowest BCUT2D eigenvalue weighted by atomic mass is 9.92. The van der Waals surface area contributed by atoms with Crippen LogP contribution in [0.4, 0.5) is 5.69 Å². The second-order valence-electron chi connectivity index (χ2n) is 9.78. The summed E-state index contributed by atoms with van der Waals surface area (Å²) in [4.78, 5) is 43.4. The zero-order chi connectivity index (χ0) is 25.4. The van der Waals surface area contributed by atoms with E-state index in [1.807, 2.05) is 30.3 Å². The number of amidine groups is 1. The zero-order valence-electron chi connectivity index (χ0n) is 20.4. The largest absolute Gasteiger partial charge is 0.489 e. The number of carbonyl (C=O) groups excluding carboxylic acids is 3. The highest BCUT2D eigenvalue weighted by molar-refractivity contribution is 6.07. The summed E-state index contributed by atoms with van der Waals surface area (Å²) in [7, 11) is 0. The summed E-state index contributed by atoms with van der Waals surface area (Å²) in [6.07, 6.45) is 1.38. The van der Waals surface area contributed by atoms with Crippen molar-refractivity contribution in [3.8, 4) is 5.75 Å². The number of amides is 1. The number of rotatable bonds is 6. The standard InChI is InChI=1S/C30H27N3O4/c34-22-12-13-26(27(35)15-22)33-17-24-23(30(33)36)5-3-7-28(24)37-18-20-10-8-19(9-11-20)14-29-31-16-21-4-1-2-6-25(21)32-29/h1-11,26H,12-18H2,(H,31,32). The van der Waals surface area contributed by atoms with E-state index in [-0.39, 0.29) is 23.9 Å². The molecule has 1 atom stereocenters. The van der Waals surface area contributed by atoms with Crippen molar-refractivity contribution in [2.24, 2.45) is 4.99 Å². The number of para-hydroxylation sites is 1. The smallest absolute Gasteiger partial charge is 0.255 e. The van der Waals surface area contributed by atoms with E-state index in [0.29, 0.717) is 43.9 Å². The van der Waals surface area contributed by atoms with E-state index in [4.69, 9.17) is 4.74 Å². The maximum atomic E-state index is 13.0. The summed E-state index contributed by atoms with van der Waals surface area (Å²) < 4.78 is 6.14. The summed E-state index contributed by atoms with van der Waals surface area (Å²) in [5, 5.41) is 3.42. The predicted molar refractivity (Wildman–Crippen MR) is 140 cm³/mol. The van der Waals surface area contributed by atoms with Crippen LogP contribution in [0.25, 0.3) is 0 Å². The van der Waals surface area contributed by atoms with E-state index in [2.05, 4.69) is 34.6 Å². The number of benzene rings is 3. The third-order valence-corrected chi connectivity index (χ3v) is 7.29. The molecule has 1 aliphatic carbocycles. The molecule has 3 aromatic rings. The summed E-state index contributed by atoms with van der Waals surface area (Å²) in [6, 6.07) is 21.4. The molecule has 0 radical (unpaired) electrons. The molecule has 1 N–H and O–H groups in total. The van der Waals surface area contributed by atoms with Gasteiger partial charge in [-0.05, 0) is 41.3 Å². The van der Waals surface area contributed by atoms with Crippen molar-refractivity contribution in [2.45, 2.75) is 51.4 Å². The minimum Gasteiger partial charge on any atom is -0.489 e. The number of Topliss-reactive ketones (excluding diaryl/α,β-unsaturated/α-hetero) is 2. The fraction of sp³-hybridized carbons (Fsp3) is 0.267. The second-order valence-corrected chi connectivity index (χ2v) is 9.78. The molecule has 2 aliphatic heterocycles. The van der Waals surface area contributed by atoms with Crippen LogP contribution in [-0.2, 0) is 35.7 Å². The number of hydrogen-bond donors (Lipinski definition) is 1. The molecule has 7 nitrogen and oxygen atoms in total. The molecule has 6 rings (SSSR count). The highest BCUT2D eigenvalue weighted by Gasteiger charge is 2.39. The first kappa shape index (κ1) is 23.2. The average Bonchev–Trinajstić information content (AvgIpc) is 3.25. The molecule has 3 aliphatic rings. The number of nitrogens with zero attached hydrogens (tertiary/aromatic N) is 2. The lowest BCUT2D eigenvalue weighted by Gasteiger charge is -2.29. The molecule has 7 heteroatoms. The second kappa shape index (κ2) is 9.65. The Morgan fingerprint density at radius 2 is 1.76 bits per heavy atom. The highest BCUT2D eigenvalue weighted by atomic mass is 16.5. The quantitative estimate of drug-likeness (QED) is 0.512. The number of hydrogen-bond acceptors (Lipinski definition) is 6. The molecule has 186 valence electrons. The molecule has 0 saturated heterocycles. The Hall–Kier alpha value is -4.26. The molecule has 3 aromatic carbocycles. The van der Waals surface area contributed by atoms with Crippen molar-refractivity contribution in [3.63, 3.8) is 0 Å². The first-order valence-electron chi connectivity index (χ1n) is 12.6. The van der Waals surface area contributed by atoms with Crippen LogP contribution in [-0.4, -0.2) is 34.3 Å². The van der Waals surface area contributed by atoms with Gasteiger partial charge in [-0.15, -0.1) is 0 Å². The van der Waals surface area contributed by atoms with Crippen molar-refractivity contribution in [3.05, 3.63) is 94.5 Å². The summed E-state index contributed by atoms with van der Waals surface area (Å²) in [5.41, 5.74) is 5.87. The van der Waals surface area contributed by atoms with Gasteiger partial charge in [0.25, 0.3) is 5.91 Å². The third kappa shape index (κ3) is 4.65. The van der Waals surface area contributed by atoms with E-state index in [1.165, 1.54) is 5.56 Å². The monoisotopic (exact) mass is 493 g/mol. The van der Waals surface area contributed by atoms with Crippen LogP contribution in [0.5, 0.6) is 5.75 Å². The van der Waals surface area contributed by atoms with Crippen LogP contribution in [0.1, 0.15) is 51.9 Å². The van der Waals surface area contributed by atoms with E-state index in [9.17, 15) is 14.4 Å². The number of anilines is 1. The fourth-order valence-corrected chi connectivity index (χ4v) is 5.27. The lowest BCUT2D eigenvalue weighted by Crippen LogP contribution is -2.44. The minimum atomic E-state index is -0.533.